The van der Waals surface area contributed by atoms with E-state index in [1.54, 1.807) is 0 Å². The fourth-order valence-corrected chi connectivity index (χ4v) is 15.9. The van der Waals surface area contributed by atoms with Crippen molar-refractivity contribution in [2.75, 3.05) is 9.80 Å². The smallest absolute Gasteiger partial charge is 0.146 e. The molecule has 0 unspecified atom stereocenters. The fourth-order valence-electron chi connectivity index (χ4n) is 15.9. The minimum atomic E-state index is -0.264. The summed E-state index contributed by atoms with van der Waals surface area (Å²) in [5, 5.41) is 8.84. The third-order valence-electron chi connectivity index (χ3n) is 20.9. The molecule has 0 N–H and O–H groups in total. The molecule has 0 saturated heterocycles. The summed E-state index contributed by atoms with van der Waals surface area (Å²) in [6.45, 7) is 14.2. The predicted octanol–water partition coefficient (Wildman–Crippen LogP) is 22.9. The molecule has 446 valence electrons. The van der Waals surface area contributed by atoms with Crippen LogP contribution < -0.4 is 9.80 Å². The first-order chi connectivity index (χ1) is 45.5. The van der Waals surface area contributed by atoms with Gasteiger partial charge in [0.05, 0.1) is 0 Å². The molecule has 0 atom stereocenters. The van der Waals surface area contributed by atoms with Crippen LogP contribution in [0.1, 0.15) is 110 Å². The van der Waals surface area contributed by atoms with E-state index >= 15 is 0 Å². The summed E-state index contributed by atoms with van der Waals surface area (Å²) in [5.41, 5.74) is 22.1. The van der Waals surface area contributed by atoms with Crippen LogP contribution in [0.25, 0.3) is 101 Å². The number of anilines is 6. The van der Waals surface area contributed by atoms with Crippen LogP contribution in [-0.2, 0) is 16.2 Å². The molecule has 14 aromatic rings. The van der Waals surface area contributed by atoms with Gasteiger partial charge in [-0.2, -0.15) is 0 Å². The lowest BCUT2D eigenvalue weighted by Gasteiger charge is -2.30. The minimum Gasteiger partial charge on any atom is -0.278 e. The number of hydrogen-bond donors (Lipinski definition) is 0. The number of aromatic nitrogens is 4. The number of rotatable bonds is 12. The molecule has 10 aromatic carbocycles. The lowest BCUT2D eigenvalue weighted by Crippen LogP contribution is -2.23. The van der Waals surface area contributed by atoms with E-state index < -0.39 is 0 Å². The van der Waals surface area contributed by atoms with Crippen molar-refractivity contribution in [3.05, 3.63) is 311 Å². The highest BCUT2D eigenvalue weighted by Crippen LogP contribution is 2.56. The molecule has 6 nitrogen and oxygen atoms in total. The average Bonchev–Trinajstić information content (AvgIpc) is 1.61. The molecule has 0 bridgehead atoms. The van der Waals surface area contributed by atoms with Crippen LogP contribution in [0.2, 0.25) is 0 Å². The van der Waals surface area contributed by atoms with Gasteiger partial charge in [-0.3, -0.25) is 9.80 Å². The molecule has 4 aromatic heterocycles. The molecule has 93 heavy (non-hydrogen) atoms. The first-order valence-corrected chi connectivity index (χ1v) is 32.7. The van der Waals surface area contributed by atoms with Crippen molar-refractivity contribution in [3.8, 4) is 33.4 Å². The summed E-state index contributed by atoms with van der Waals surface area (Å²) in [6.07, 6.45) is 18.9. The largest absolute Gasteiger partial charge is 0.278 e. The SMILES string of the molecule is CCC1(CC)c2cc(C=Cc3ccc4c(c3)C(C)(C)c3cc(N(c5nccc6ccccc56)c5nccc6ccccc56)ccc3-4)ccc2-c2ccc(C=Cc3ccc4c(c3)C(C)(C)c3cc(N(c5nccc6ccccc56)c5nccc6ccccc56)ccc3-4)cc21. The third kappa shape index (κ3) is 8.83. The topological polar surface area (TPSA) is 58.0 Å². The van der Waals surface area contributed by atoms with Gasteiger partial charge < -0.3 is 0 Å². The number of hydrogen-bond acceptors (Lipinski definition) is 6. The summed E-state index contributed by atoms with van der Waals surface area (Å²) >= 11 is 0. The lowest BCUT2D eigenvalue weighted by atomic mass is 9.73. The highest BCUT2D eigenvalue weighted by atomic mass is 15.2. The van der Waals surface area contributed by atoms with Crippen molar-refractivity contribution >= 4 is 102 Å². The second kappa shape index (κ2) is 21.5. The first kappa shape index (κ1) is 55.9. The Hall–Kier alpha value is -11.1. The molecule has 6 heteroatoms. The third-order valence-corrected chi connectivity index (χ3v) is 20.9. The van der Waals surface area contributed by atoms with Gasteiger partial charge in [0.2, 0.25) is 0 Å². The van der Waals surface area contributed by atoms with Crippen molar-refractivity contribution in [1.82, 2.24) is 19.9 Å². The van der Waals surface area contributed by atoms with Gasteiger partial charge in [-0.1, -0.05) is 248 Å². The second-order valence-electron chi connectivity index (χ2n) is 26.5. The van der Waals surface area contributed by atoms with Crippen molar-refractivity contribution < 1.29 is 0 Å². The first-order valence-electron chi connectivity index (χ1n) is 32.7. The van der Waals surface area contributed by atoms with Crippen molar-refractivity contribution in [3.63, 3.8) is 0 Å². The second-order valence-corrected chi connectivity index (χ2v) is 26.5. The minimum absolute atomic E-state index is 0.103. The zero-order chi connectivity index (χ0) is 62.7. The van der Waals surface area contributed by atoms with Gasteiger partial charge in [0.15, 0.2) is 0 Å². The standard InChI is InChI=1S/C87H68N6/c1-7-87(8-2)79-51-57(27-25-55-29-35-69-71-39-33-63(53-77(71)85(3,4)75(69)49-55)92(81-65-21-13-9-17-59(65)41-45-88-81)82-66-22-14-10-18-60(66)42-46-89-82)31-37-73(79)74-38-32-58(52-80(74)87)28-26-56-30-36-70-72-40-34-64(54-78(72)86(5,6)76(70)50-56)93(83-67-23-15-11-19-61(67)43-47-90-83)84-68-24-16-12-20-62(68)44-48-91-84/h9-54H,7-8H2,1-6H3. The Labute approximate surface area is 543 Å². The Morgan fingerprint density at radius 2 is 0.548 bits per heavy atom. The van der Waals surface area contributed by atoms with Crippen LogP contribution in [0.4, 0.5) is 34.6 Å². The van der Waals surface area contributed by atoms with Crippen LogP contribution in [-0.4, -0.2) is 19.9 Å². The fraction of sp³-hybridized carbons (Fsp3) is 0.126. The quantitative estimate of drug-likeness (QED) is 0.114. The molecular formula is C87H68N6. The Balaban J connectivity index is 0.641. The van der Waals surface area contributed by atoms with Gasteiger partial charge in [0, 0.05) is 74.0 Å². The van der Waals surface area contributed by atoms with Crippen molar-refractivity contribution in [2.24, 2.45) is 0 Å². The van der Waals surface area contributed by atoms with Crippen LogP contribution in [0.5, 0.6) is 0 Å². The van der Waals surface area contributed by atoms with Gasteiger partial charge in [0.25, 0.3) is 0 Å². The van der Waals surface area contributed by atoms with E-state index in [4.69, 9.17) is 19.9 Å². The Morgan fingerprint density at radius 3 is 0.849 bits per heavy atom. The predicted molar refractivity (Wildman–Crippen MR) is 390 cm³/mol. The van der Waals surface area contributed by atoms with E-state index in [0.29, 0.717) is 0 Å². The van der Waals surface area contributed by atoms with Crippen LogP contribution in [0, 0.1) is 0 Å². The Kier molecular flexibility index (Phi) is 13.0. The van der Waals surface area contributed by atoms with E-state index in [1.165, 1.54) is 89.0 Å². The van der Waals surface area contributed by atoms with Gasteiger partial charge >= 0.3 is 0 Å². The van der Waals surface area contributed by atoms with Crippen molar-refractivity contribution in [1.29, 1.82) is 0 Å². The highest BCUT2D eigenvalue weighted by molar-refractivity contribution is 6.05. The van der Waals surface area contributed by atoms with E-state index in [9.17, 15) is 0 Å². The Morgan fingerprint density at radius 1 is 0.290 bits per heavy atom. The summed E-state index contributed by atoms with van der Waals surface area (Å²) < 4.78 is 0. The van der Waals surface area contributed by atoms with E-state index in [2.05, 4.69) is 306 Å². The monoisotopic (exact) mass is 1200 g/mol. The van der Waals surface area contributed by atoms with Gasteiger partial charge in [-0.15, -0.1) is 0 Å². The molecular weight excluding hydrogens is 1130 g/mol. The van der Waals surface area contributed by atoms with E-state index in [0.717, 1.165) is 90.6 Å². The summed E-state index contributed by atoms with van der Waals surface area (Å²) in [4.78, 5) is 24.8. The summed E-state index contributed by atoms with van der Waals surface area (Å²) in [7, 11) is 0. The number of pyridine rings is 4. The van der Waals surface area contributed by atoms with Crippen molar-refractivity contribution in [2.45, 2.75) is 70.6 Å². The zero-order valence-corrected chi connectivity index (χ0v) is 53.2. The maximum atomic E-state index is 5.07. The molecule has 0 fully saturated rings. The molecule has 0 aliphatic heterocycles. The van der Waals surface area contributed by atoms with Crippen LogP contribution >= 0.6 is 0 Å². The van der Waals surface area contributed by atoms with E-state index in [1.807, 2.05) is 24.8 Å². The Bertz CT molecular complexity index is 4960. The summed E-state index contributed by atoms with van der Waals surface area (Å²) in [6, 6.07) is 84.5. The zero-order valence-electron chi connectivity index (χ0n) is 53.2. The average molecular weight is 1200 g/mol. The van der Waals surface area contributed by atoms with E-state index in [-0.39, 0.29) is 16.2 Å². The number of benzene rings is 10. The number of nitrogens with zero attached hydrogens (tertiary/aromatic N) is 6. The van der Waals surface area contributed by atoms with Crippen LogP contribution in [0.3, 0.4) is 0 Å². The maximum Gasteiger partial charge on any atom is 0.146 e. The lowest BCUT2D eigenvalue weighted by molar-refractivity contribution is 0.490. The molecule has 0 radical (unpaired) electrons. The highest BCUT2D eigenvalue weighted by Gasteiger charge is 2.42. The van der Waals surface area contributed by atoms with Gasteiger partial charge in [0.1, 0.15) is 23.3 Å². The number of fused-ring (bicyclic) bond motifs is 13. The normalized spacial score (nSPS) is 14.4. The molecule has 0 spiro atoms. The maximum absolute atomic E-state index is 5.07. The van der Waals surface area contributed by atoms with Gasteiger partial charge in [-0.05, 0) is 172 Å². The molecule has 4 heterocycles. The molecule has 0 saturated carbocycles. The molecule has 3 aliphatic carbocycles. The summed E-state index contributed by atoms with van der Waals surface area (Å²) in [5.74, 6) is 3.43. The molecule has 3 aliphatic rings. The van der Waals surface area contributed by atoms with Gasteiger partial charge in [-0.25, -0.2) is 19.9 Å². The van der Waals surface area contributed by atoms with Crippen LogP contribution in [0.15, 0.2) is 255 Å². The molecule has 0 amide bonds. The molecule has 17 rings (SSSR count).